The number of hydrogen-bond donors (Lipinski definition) is 2. The third-order valence-electron chi connectivity index (χ3n) is 1.75. The molecule has 4 nitrogen and oxygen atoms in total. The summed E-state index contributed by atoms with van der Waals surface area (Å²) in [5.74, 6) is 0.830. The molecule has 0 bridgehead atoms. The number of H-pyrrole nitrogens is 1. The first-order valence-electron chi connectivity index (χ1n) is 4.24. The van der Waals surface area contributed by atoms with Crippen molar-refractivity contribution in [3.8, 4) is 0 Å². The van der Waals surface area contributed by atoms with Crippen molar-refractivity contribution in [2.45, 2.75) is 13.1 Å². The molecule has 2 heterocycles. The van der Waals surface area contributed by atoms with E-state index < -0.39 is 0 Å². The van der Waals surface area contributed by atoms with Crippen LogP contribution in [0.25, 0.3) is 0 Å². The average Bonchev–Trinajstić information content (AvgIpc) is 2.79. The van der Waals surface area contributed by atoms with E-state index in [1.165, 1.54) is 11.2 Å². The van der Waals surface area contributed by atoms with Gasteiger partial charge in [-0.25, -0.2) is 4.98 Å². The molecule has 2 N–H and O–H groups in total. The van der Waals surface area contributed by atoms with Gasteiger partial charge in [0.25, 0.3) is 0 Å². The largest absolute Gasteiger partial charge is 0.305 e. The Bertz CT molecular complexity index is 408. The molecule has 0 spiro atoms. The molecule has 0 unspecified atom stereocenters. The van der Waals surface area contributed by atoms with Crippen molar-refractivity contribution in [2.75, 3.05) is 0 Å². The van der Waals surface area contributed by atoms with Crippen molar-refractivity contribution >= 4 is 38.9 Å². The van der Waals surface area contributed by atoms with E-state index in [1.807, 2.05) is 6.07 Å². The molecule has 7 heteroatoms. The van der Waals surface area contributed by atoms with E-state index in [0.29, 0.717) is 6.54 Å². The van der Waals surface area contributed by atoms with E-state index >= 15 is 0 Å². The van der Waals surface area contributed by atoms with Gasteiger partial charge in [0.05, 0.1) is 6.54 Å². The highest BCUT2D eigenvalue weighted by Crippen LogP contribution is 2.31. The fraction of sp³-hybridized carbons (Fsp3) is 0.250. The molecule has 2 aromatic heterocycles. The zero-order valence-corrected chi connectivity index (χ0v) is 10.8. The molecule has 0 saturated carbocycles. The van der Waals surface area contributed by atoms with Gasteiger partial charge in [-0.2, -0.15) is 5.10 Å². The fourth-order valence-corrected chi connectivity index (χ4v) is 2.86. The summed E-state index contributed by atoms with van der Waals surface area (Å²) >= 11 is 10.9. The van der Waals surface area contributed by atoms with Crippen LogP contribution in [0.5, 0.6) is 0 Å². The molecule has 0 radical (unpaired) electrons. The summed E-state index contributed by atoms with van der Waals surface area (Å²) < 4.78 is 1.73. The lowest BCUT2D eigenvalue weighted by molar-refractivity contribution is 0.671. The van der Waals surface area contributed by atoms with E-state index in [0.717, 1.165) is 21.2 Å². The van der Waals surface area contributed by atoms with Gasteiger partial charge in [-0.15, -0.1) is 11.3 Å². The van der Waals surface area contributed by atoms with Crippen molar-refractivity contribution in [3.05, 3.63) is 31.9 Å². The highest BCUT2D eigenvalue weighted by molar-refractivity contribution is 9.10. The molecule has 2 aromatic rings. The van der Waals surface area contributed by atoms with Crippen molar-refractivity contribution in [2.24, 2.45) is 0 Å². The van der Waals surface area contributed by atoms with Crippen LogP contribution in [0.1, 0.15) is 10.7 Å². The van der Waals surface area contributed by atoms with E-state index in [4.69, 9.17) is 11.6 Å². The third kappa shape index (κ3) is 3.01. The molecule has 0 fully saturated rings. The topological polar surface area (TPSA) is 53.6 Å². The SMILES string of the molecule is Clc1sc(CNCc2ncn[nH]2)cc1Br. The lowest BCUT2D eigenvalue weighted by Crippen LogP contribution is -2.12. The monoisotopic (exact) mass is 306 g/mol. The molecular weight excluding hydrogens is 300 g/mol. The van der Waals surface area contributed by atoms with Crippen LogP contribution in [0.2, 0.25) is 4.34 Å². The second-order valence-electron chi connectivity index (χ2n) is 2.87. The summed E-state index contributed by atoms with van der Waals surface area (Å²) in [6.45, 7) is 1.45. The Morgan fingerprint density at radius 2 is 2.40 bits per heavy atom. The summed E-state index contributed by atoms with van der Waals surface area (Å²) in [6, 6.07) is 2.01. The van der Waals surface area contributed by atoms with Crippen LogP contribution in [0.4, 0.5) is 0 Å². The van der Waals surface area contributed by atoms with Crippen LogP contribution in [-0.2, 0) is 13.1 Å². The van der Waals surface area contributed by atoms with Gasteiger partial charge in [-0.05, 0) is 22.0 Å². The van der Waals surface area contributed by atoms with Crippen LogP contribution < -0.4 is 5.32 Å². The number of aromatic nitrogens is 3. The number of halogens is 2. The molecule has 0 aliphatic rings. The zero-order chi connectivity index (χ0) is 10.7. The number of nitrogens with one attached hydrogen (secondary N) is 2. The summed E-state index contributed by atoms with van der Waals surface area (Å²) in [6.07, 6.45) is 1.50. The Hall–Kier alpha value is -0.430. The third-order valence-corrected chi connectivity index (χ3v) is 4.23. The average molecular weight is 308 g/mol. The van der Waals surface area contributed by atoms with Crippen LogP contribution in [0, 0.1) is 0 Å². The Balaban J connectivity index is 1.83. The predicted octanol–water partition coefficient (Wildman–Crippen LogP) is 2.57. The minimum absolute atomic E-state index is 0.674. The maximum atomic E-state index is 5.92. The second kappa shape index (κ2) is 5.07. The van der Waals surface area contributed by atoms with E-state index in [-0.39, 0.29) is 0 Å². The molecule has 0 aromatic carbocycles. The quantitative estimate of drug-likeness (QED) is 0.913. The maximum Gasteiger partial charge on any atom is 0.138 e. The van der Waals surface area contributed by atoms with E-state index in [1.54, 1.807) is 11.3 Å². The Labute approximate surface area is 104 Å². The van der Waals surface area contributed by atoms with Gasteiger partial charge in [0.1, 0.15) is 16.5 Å². The first-order chi connectivity index (χ1) is 7.25. The van der Waals surface area contributed by atoms with Crippen molar-refractivity contribution in [3.63, 3.8) is 0 Å². The zero-order valence-electron chi connectivity index (χ0n) is 7.63. The number of hydrogen-bond acceptors (Lipinski definition) is 4. The number of aromatic amines is 1. The molecule has 0 saturated heterocycles. The summed E-state index contributed by atoms with van der Waals surface area (Å²) in [7, 11) is 0. The number of rotatable bonds is 4. The van der Waals surface area contributed by atoms with Crippen LogP contribution in [0.15, 0.2) is 16.9 Å². The van der Waals surface area contributed by atoms with Gasteiger partial charge < -0.3 is 5.32 Å². The molecule has 2 rings (SSSR count). The van der Waals surface area contributed by atoms with E-state index in [9.17, 15) is 0 Å². The number of thiophene rings is 1. The minimum Gasteiger partial charge on any atom is -0.305 e. The van der Waals surface area contributed by atoms with Crippen LogP contribution in [-0.4, -0.2) is 15.2 Å². The van der Waals surface area contributed by atoms with Crippen molar-refractivity contribution < 1.29 is 0 Å². The lowest BCUT2D eigenvalue weighted by Gasteiger charge is -1.98. The summed E-state index contributed by atoms with van der Waals surface area (Å²) in [5, 5.41) is 9.79. The van der Waals surface area contributed by atoms with Crippen LogP contribution >= 0.6 is 38.9 Å². The van der Waals surface area contributed by atoms with Gasteiger partial charge in [-0.1, -0.05) is 11.6 Å². The first-order valence-corrected chi connectivity index (χ1v) is 6.23. The van der Waals surface area contributed by atoms with Crippen molar-refractivity contribution in [1.29, 1.82) is 0 Å². The molecule has 80 valence electrons. The highest BCUT2D eigenvalue weighted by Gasteiger charge is 2.04. The first kappa shape index (κ1) is 11.1. The van der Waals surface area contributed by atoms with Gasteiger partial charge in [0.2, 0.25) is 0 Å². The summed E-state index contributed by atoms with van der Waals surface area (Å²) in [5.41, 5.74) is 0. The Morgan fingerprint density at radius 1 is 1.53 bits per heavy atom. The van der Waals surface area contributed by atoms with Gasteiger partial charge >= 0.3 is 0 Å². The predicted molar refractivity (Wildman–Crippen MR) is 64.0 cm³/mol. The van der Waals surface area contributed by atoms with Gasteiger partial charge in [0.15, 0.2) is 0 Å². The highest BCUT2D eigenvalue weighted by atomic mass is 79.9. The van der Waals surface area contributed by atoms with Gasteiger partial charge in [-0.3, -0.25) is 5.10 Å². The Kier molecular flexibility index (Phi) is 3.74. The smallest absolute Gasteiger partial charge is 0.138 e. The minimum atomic E-state index is 0.674. The molecular formula is C8H8BrClN4S. The summed E-state index contributed by atoms with van der Waals surface area (Å²) in [4.78, 5) is 5.20. The van der Waals surface area contributed by atoms with Gasteiger partial charge in [0, 0.05) is 15.9 Å². The molecule has 0 aliphatic heterocycles. The van der Waals surface area contributed by atoms with Crippen LogP contribution in [0.3, 0.4) is 0 Å². The second-order valence-corrected chi connectivity index (χ2v) is 5.46. The molecule has 0 aliphatic carbocycles. The van der Waals surface area contributed by atoms with E-state index in [2.05, 4.69) is 36.4 Å². The normalized spacial score (nSPS) is 10.8. The fourth-order valence-electron chi connectivity index (χ4n) is 1.10. The van der Waals surface area contributed by atoms with Crippen molar-refractivity contribution in [1.82, 2.24) is 20.5 Å². The maximum absolute atomic E-state index is 5.92. The molecule has 0 atom stereocenters. The lowest BCUT2D eigenvalue weighted by atomic mass is 10.4. The number of nitrogens with zero attached hydrogens (tertiary/aromatic N) is 2. The molecule has 15 heavy (non-hydrogen) atoms. The standard InChI is InChI=1S/C8H8BrClN4S/c9-6-1-5(15-8(6)10)2-11-3-7-12-4-13-14-7/h1,4,11H,2-3H2,(H,12,13,14). The Morgan fingerprint density at radius 3 is 3.00 bits per heavy atom. The molecule has 0 amide bonds.